The van der Waals surface area contributed by atoms with Crippen molar-refractivity contribution in [2.45, 2.75) is 0 Å². The first-order valence-corrected chi connectivity index (χ1v) is 8.61. The molecular formula is C22H15ClN2O. The van der Waals surface area contributed by atoms with Crippen LogP contribution in [0.25, 0.3) is 28.1 Å². The SMILES string of the molecule is O=Cc1nn(-c2ccccc2)c(-c2ccccc2)c1-c1ccccc1Cl. The van der Waals surface area contributed by atoms with E-state index in [1.807, 2.05) is 84.9 Å². The Balaban J connectivity index is 2.09. The first-order valence-electron chi connectivity index (χ1n) is 8.23. The van der Waals surface area contributed by atoms with Gasteiger partial charge in [0, 0.05) is 21.7 Å². The second-order valence-electron chi connectivity index (χ2n) is 5.82. The van der Waals surface area contributed by atoms with Gasteiger partial charge in [-0.25, -0.2) is 4.68 Å². The molecule has 0 saturated carbocycles. The Kier molecular flexibility index (Phi) is 4.38. The molecule has 0 N–H and O–H groups in total. The number of benzene rings is 3. The minimum Gasteiger partial charge on any atom is -0.296 e. The normalized spacial score (nSPS) is 10.7. The zero-order valence-corrected chi connectivity index (χ0v) is 14.6. The smallest absolute Gasteiger partial charge is 0.170 e. The fraction of sp³-hybridized carbons (Fsp3) is 0. The van der Waals surface area contributed by atoms with Crippen LogP contribution in [-0.2, 0) is 0 Å². The maximum Gasteiger partial charge on any atom is 0.170 e. The number of nitrogens with zero attached hydrogens (tertiary/aromatic N) is 2. The molecule has 1 heterocycles. The van der Waals surface area contributed by atoms with Crippen LogP contribution >= 0.6 is 11.6 Å². The third kappa shape index (κ3) is 2.83. The number of rotatable bonds is 4. The van der Waals surface area contributed by atoms with Crippen LogP contribution in [0.1, 0.15) is 10.5 Å². The molecule has 0 unspecified atom stereocenters. The molecule has 126 valence electrons. The molecule has 0 atom stereocenters. The molecule has 0 spiro atoms. The molecule has 0 amide bonds. The number of carbonyl (C=O) groups is 1. The van der Waals surface area contributed by atoms with E-state index in [-0.39, 0.29) is 0 Å². The van der Waals surface area contributed by atoms with Crippen molar-refractivity contribution in [3.05, 3.63) is 95.6 Å². The van der Waals surface area contributed by atoms with Gasteiger partial charge in [-0.1, -0.05) is 78.3 Å². The molecule has 3 nitrogen and oxygen atoms in total. The van der Waals surface area contributed by atoms with Gasteiger partial charge in [-0.2, -0.15) is 5.10 Å². The van der Waals surface area contributed by atoms with Crippen LogP contribution in [0.2, 0.25) is 5.02 Å². The molecule has 0 radical (unpaired) electrons. The molecule has 4 heteroatoms. The second-order valence-corrected chi connectivity index (χ2v) is 6.23. The van der Waals surface area contributed by atoms with E-state index < -0.39 is 0 Å². The van der Waals surface area contributed by atoms with E-state index in [4.69, 9.17) is 11.6 Å². The summed E-state index contributed by atoms with van der Waals surface area (Å²) in [6, 6.07) is 27.2. The van der Waals surface area contributed by atoms with E-state index in [1.165, 1.54) is 0 Å². The van der Waals surface area contributed by atoms with Gasteiger partial charge < -0.3 is 0 Å². The lowest BCUT2D eigenvalue weighted by Gasteiger charge is -2.11. The number of carbonyl (C=O) groups excluding carboxylic acids is 1. The summed E-state index contributed by atoms with van der Waals surface area (Å²) in [7, 11) is 0. The molecule has 0 aliphatic heterocycles. The van der Waals surface area contributed by atoms with Gasteiger partial charge in [0.15, 0.2) is 6.29 Å². The van der Waals surface area contributed by atoms with Gasteiger partial charge in [0.1, 0.15) is 5.69 Å². The van der Waals surface area contributed by atoms with Crippen molar-refractivity contribution in [1.82, 2.24) is 9.78 Å². The van der Waals surface area contributed by atoms with E-state index in [2.05, 4.69) is 5.10 Å². The fourth-order valence-corrected chi connectivity index (χ4v) is 3.30. The Labute approximate surface area is 156 Å². The van der Waals surface area contributed by atoms with Gasteiger partial charge in [0.25, 0.3) is 0 Å². The largest absolute Gasteiger partial charge is 0.296 e. The number of aromatic nitrogens is 2. The van der Waals surface area contributed by atoms with Crippen LogP contribution in [0.4, 0.5) is 0 Å². The van der Waals surface area contributed by atoms with Gasteiger partial charge in [0.05, 0.1) is 11.4 Å². The van der Waals surface area contributed by atoms with Gasteiger partial charge in [-0.3, -0.25) is 4.79 Å². The summed E-state index contributed by atoms with van der Waals surface area (Å²) in [5, 5.41) is 5.17. The lowest BCUT2D eigenvalue weighted by molar-refractivity contribution is 0.111. The predicted octanol–water partition coefficient (Wildman–Crippen LogP) is 5.67. The molecule has 26 heavy (non-hydrogen) atoms. The third-order valence-electron chi connectivity index (χ3n) is 4.22. The highest BCUT2D eigenvalue weighted by Crippen LogP contribution is 2.39. The van der Waals surface area contributed by atoms with Crippen molar-refractivity contribution < 1.29 is 4.79 Å². The van der Waals surface area contributed by atoms with Crippen LogP contribution in [0, 0.1) is 0 Å². The number of aldehydes is 1. The van der Waals surface area contributed by atoms with Crippen molar-refractivity contribution in [3.8, 4) is 28.1 Å². The van der Waals surface area contributed by atoms with Crippen molar-refractivity contribution in [1.29, 1.82) is 0 Å². The standard InChI is InChI=1S/C22H15ClN2O/c23-19-14-8-7-13-18(19)21-20(15-26)24-25(17-11-5-2-6-12-17)22(21)16-9-3-1-4-10-16/h1-15H. The van der Waals surface area contributed by atoms with Gasteiger partial charge >= 0.3 is 0 Å². The Hall–Kier alpha value is -3.17. The van der Waals surface area contributed by atoms with Crippen molar-refractivity contribution in [2.24, 2.45) is 0 Å². The lowest BCUT2D eigenvalue weighted by atomic mass is 9.98. The molecular weight excluding hydrogens is 344 g/mol. The Bertz CT molecular complexity index is 1060. The van der Waals surface area contributed by atoms with Crippen molar-refractivity contribution in [3.63, 3.8) is 0 Å². The Morgan fingerprint density at radius 2 is 1.42 bits per heavy atom. The van der Waals surface area contributed by atoms with Crippen molar-refractivity contribution in [2.75, 3.05) is 0 Å². The summed E-state index contributed by atoms with van der Waals surface area (Å²) < 4.78 is 1.80. The average molecular weight is 359 g/mol. The number of hydrogen-bond donors (Lipinski definition) is 0. The molecule has 0 fully saturated rings. The minimum absolute atomic E-state index is 0.362. The van der Waals surface area contributed by atoms with Crippen LogP contribution in [0.5, 0.6) is 0 Å². The first-order chi connectivity index (χ1) is 12.8. The van der Waals surface area contributed by atoms with Crippen LogP contribution in [-0.4, -0.2) is 16.1 Å². The zero-order valence-electron chi connectivity index (χ0n) is 13.8. The van der Waals surface area contributed by atoms with E-state index in [9.17, 15) is 4.79 Å². The zero-order chi connectivity index (χ0) is 17.9. The van der Waals surface area contributed by atoms with Gasteiger partial charge in [-0.15, -0.1) is 0 Å². The summed E-state index contributed by atoms with van der Waals surface area (Å²) in [5.41, 5.74) is 4.57. The maximum absolute atomic E-state index is 11.8. The molecule has 4 rings (SSSR count). The number of halogens is 1. The molecule has 3 aromatic carbocycles. The van der Waals surface area contributed by atoms with E-state index in [0.717, 1.165) is 34.4 Å². The summed E-state index contributed by atoms with van der Waals surface area (Å²) >= 11 is 6.45. The monoisotopic (exact) mass is 358 g/mol. The van der Waals surface area contributed by atoms with E-state index >= 15 is 0 Å². The molecule has 0 aliphatic rings. The number of hydrogen-bond acceptors (Lipinski definition) is 2. The minimum atomic E-state index is 0.362. The summed E-state index contributed by atoms with van der Waals surface area (Å²) in [4.78, 5) is 11.8. The lowest BCUT2D eigenvalue weighted by Crippen LogP contribution is -1.99. The van der Waals surface area contributed by atoms with E-state index in [1.54, 1.807) is 4.68 Å². The molecule has 0 bridgehead atoms. The summed E-state index contributed by atoms with van der Waals surface area (Å²) in [6.45, 7) is 0. The van der Waals surface area contributed by atoms with Crippen LogP contribution in [0.15, 0.2) is 84.9 Å². The Morgan fingerprint density at radius 1 is 0.808 bits per heavy atom. The fourth-order valence-electron chi connectivity index (χ4n) is 3.07. The third-order valence-corrected chi connectivity index (χ3v) is 4.54. The highest BCUT2D eigenvalue weighted by molar-refractivity contribution is 6.33. The summed E-state index contributed by atoms with van der Waals surface area (Å²) in [5.74, 6) is 0. The predicted molar refractivity (Wildman–Crippen MR) is 105 cm³/mol. The average Bonchev–Trinajstić information content (AvgIpc) is 3.09. The maximum atomic E-state index is 11.8. The van der Waals surface area contributed by atoms with Crippen molar-refractivity contribution >= 4 is 17.9 Å². The van der Waals surface area contributed by atoms with Gasteiger partial charge in [-0.05, 0) is 18.2 Å². The highest BCUT2D eigenvalue weighted by atomic mass is 35.5. The van der Waals surface area contributed by atoms with Crippen LogP contribution in [0.3, 0.4) is 0 Å². The molecule has 4 aromatic rings. The first kappa shape index (κ1) is 16.3. The quantitative estimate of drug-likeness (QED) is 0.440. The number of para-hydroxylation sites is 1. The molecule has 1 aromatic heterocycles. The highest BCUT2D eigenvalue weighted by Gasteiger charge is 2.22. The topological polar surface area (TPSA) is 34.9 Å². The second kappa shape index (κ2) is 6.98. The van der Waals surface area contributed by atoms with E-state index in [0.29, 0.717) is 10.7 Å². The summed E-state index contributed by atoms with van der Waals surface area (Å²) in [6.07, 6.45) is 0.782. The van der Waals surface area contributed by atoms with Gasteiger partial charge in [0.2, 0.25) is 0 Å². The molecule has 0 saturated heterocycles. The van der Waals surface area contributed by atoms with Crippen LogP contribution < -0.4 is 0 Å². The molecule has 0 aliphatic carbocycles. The Morgan fingerprint density at radius 3 is 2.08 bits per heavy atom.